The average Bonchev–Trinajstić information content (AvgIpc) is 2.63. The molecule has 0 aliphatic carbocycles. The van der Waals surface area contributed by atoms with Crippen molar-refractivity contribution in [3.8, 4) is 0 Å². The molecular formula is C17H27N3O4S2. The van der Waals surface area contributed by atoms with E-state index in [-0.39, 0.29) is 12.5 Å². The zero-order chi connectivity index (χ0) is 19.0. The maximum atomic E-state index is 12.2. The number of ether oxygens (including phenoxy) is 1. The van der Waals surface area contributed by atoms with Crippen LogP contribution in [0.1, 0.15) is 6.42 Å². The molecule has 1 heterocycles. The van der Waals surface area contributed by atoms with Crippen LogP contribution in [0.15, 0.2) is 29.2 Å². The van der Waals surface area contributed by atoms with E-state index in [0.29, 0.717) is 12.2 Å². The Kier molecular flexibility index (Phi) is 8.20. The van der Waals surface area contributed by atoms with Crippen molar-refractivity contribution >= 4 is 33.4 Å². The van der Waals surface area contributed by atoms with E-state index in [1.165, 1.54) is 11.8 Å². The topological polar surface area (TPSA) is 79.0 Å². The summed E-state index contributed by atoms with van der Waals surface area (Å²) in [4.78, 5) is 15.5. The molecule has 0 unspecified atom stereocenters. The number of amides is 1. The van der Waals surface area contributed by atoms with E-state index >= 15 is 0 Å². The van der Waals surface area contributed by atoms with Gasteiger partial charge < -0.3 is 10.1 Å². The smallest absolute Gasteiger partial charge is 0.240 e. The van der Waals surface area contributed by atoms with Crippen molar-refractivity contribution in [1.29, 1.82) is 0 Å². The maximum Gasteiger partial charge on any atom is 0.240 e. The quantitative estimate of drug-likeness (QED) is 0.492. The lowest BCUT2D eigenvalue weighted by atomic mass is 10.3. The second kappa shape index (κ2) is 10.1. The molecule has 0 spiro atoms. The fourth-order valence-electron chi connectivity index (χ4n) is 2.71. The van der Waals surface area contributed by atoms with Gasteiger partial charge in [0, 0.05) is 24.5 Å². The van der Waals surface area contributed by atoms with E-state index in [0.717, 1.165) is 54.7 Å². The summed E-state index contributed by atoms with van der Waals surface area (Å²) in [5.74, 6) is -0.299. The van der Waals surface area contributed by atoms with Crippen molar-refractivity contribution < 1.29 is 17.9 Å². The van der Waals surface area contributed by atoms with Crippen molar-refractivity contribution in [2.75, 3.05) is 62.8 Å². The number of hydrogen-bond donors (Lipinski definition) is 1. The molecule has 26 heavy (non-hydrogen) atoms. The number of thioether (sulfide) groups is 1. The first kappa shape index (κ1) is 21.0. The normalized spacial score (nSPS) is 15.6. The molecule has 0 saturated carbocycles. The van der Waals surface area contributed by atoms with Crippen LogP contribution in [0, 0.1) is 0 Å². The third-order valence-electron chi connectivity index (χ3n) is 4.11. The Morgan fingerprint density at radius 3 is 2.73 bits per heavy atom. The van der Waals surface area contributed by atoms with Crippen LogP contribution in [-0.4, -0.2) is 77.7 Å². The van der Waals surface area contributed by atoms with E-state index in [1.54, 1.807) is 18.2 Å². The third kappa shape index (κ3) is 6.79. The van der Waals surface area contributed by atoms with Gasteiger partial charge in [0.2, 0.25) is 15.9 Å². The van der Waals surface area contributed by atoms with Crippen LogP contribution in [0.25, 0.3) is 0 Å². The Labute approximate surface area is 160 Å². The Morgan fingerprint density at radius 2 is 2.08 bits per heavy atom. The summed E-state index contributed by atoms with van der Waals surface area (Å²) < 4.78 is 30.7. The molecule has 7 nitrogen and oxygen atoms in total. The number of rotatable bonds is 9. The van der Waals surface area contributed by atoms with Crippen LogP contribution in [0.5, 0.6) is 0 Å². The SMILES string of the molecule is CSc1cccc(N(CC(=O)NCCCN2CCOCC2)S(C)(=O)=O)c1. The number of benzene rings is 1. The summed E-state index contributed by atoms with van der Waals surface area (Å²) in [5, 5.41) is 2.81. The van der Waals surface area contributed by atoms with E-state index in [9.17, 15) is 13.2 Å². The lowest BCUT2D eigenvalue weighted by Gasteiger charge is -2.26. The zero-order valence-electron chi connectivity index (χ0n) is 15.3. The number of carbonyl (C=O) groups is 1. The van der Waals surface area contributed by atoms with Gasteiger partial charge in [-0.05, 0) is 37.4 Å². The summed E-state index contributed by atoms with van der Waals surface area (Å²) in [7, 11) is -3.54. The Balaban J connectivity index is 1.86. The highest BCUT2D eigenvalue weighted by Gasteiger charge is 2.21. The fourth-order valence-corrected chi connectivity index (χ4v) is 4.01. The number of morpholine rings is 1. The van der Waals surface area contributed by atoms with Crippen LogP contribution < -0.4 is 9.62 Å². The molecule has 0 bridgehead atoms. The maximum absolute atomic E-state index is 12.2. The first-order valence-corrected chi connectivity index (χ1v) is 11.7. The molecule has 1 aliphatic rings. The highest BCUT2D eigenvalue weighted by Crippen LogP contribution is 2.23. The molecule has 1 fully saturated rings. The number of sulfonamides is 1. The molecule has 1 amide bonds. The predicted molar refractivity (Wildman–Crippen MR) is 105 cm³/mol. The first-order valence-electron chi connectivity index (χ1n) is 8.58. The largest absolute Gasteiger partial charge is 0.379 e. The molecule has 146 valence electrons. The minimum atomic E-state index is -3.54. The van der Waals surface area contributed by atoms with E-state index < -0.39 is 10.0 Å². The Hall–Kier alpha value is -1.29. The molecule has 1 aliphatic heterocycles. The first-order chi connectivity index (χ1) is 12.4. The molecule has 1 N–H and O–H groups in total. The molecule has 1 aromatic rings. The standard InChI is InChI=1S/C17H27N3O4S2/c1-25-16-6-3-5-15(13-16)20(26(2,22)23)14-17(21)18-7-4-8-19-9-11-24-12-10-19/h3,5-6,13H,4,7-12,14H2,1-2H3,(H,18,21). The van der Waals surface area contributed by atoms with Gasteiger partial charge in [-0.1, -0.05) is 6.07 Å². The molecule has 1 aromatic carbocycles. The second-order valence-electron chi connectivity index (χ2n) is 6.13. The summed E-state index contributed by atoms with van der Waals surface area (Å²) in [6, 6.07) is 7.17. The predicted octanol–water partition coefficient (Wildman–Crippen LogP) is 1.01. The van der Waals surface area contributed by atoms with Gasteiger partial charge >= 0.3 is 0 Å². The van der Waals surface area contributed by atoms with Crippen molar-refractivity contribution in [3.63, 3.8) is 0 Å². The number of anilines is 1. The number of hydrogen-bond acceptors (Lipinski definition) is 6. The van der Waals surface area contributed by atoms with Crippen molar-refractivity contribution in [1.82, 2.24) is 10.2 Å². The van der Waals surface area contributed by atoms with Gasteiger partial charge in [-0.25, -0.2) is 8.42 Å². The van der Waals surface area contributed by atoms with E-state index in [1.807, 2.05) is 12.3 Å². The average molecular weight is 402 g/mol. The molecule has 0 atom stereocenters. The Morgan fingerprint density at radius 1 is 1.35 bits per heavy atom. The second-order valence-corrected chi connectivity index (χ2v) is 8.92. The third-order valence-corrected chi connectivity index (χ3v) is 5.97. The number of nitrogens with one attached hydrogen (secondary N) is 1. The summed E-state index contributed by atoms with van der Waals surface area (Å²) in [5.41, 5.74) is 0.503. The lowest BCUT2D eigenvalue weighted by Crippen LogP contribution is -2.42. The molecule has 2 rings (SSSR count). The Bertz CT molecular complexity index is 691. The van der Waals surface area contributed by atoms with Gasteiger partial charge in [0.15, 0.2) is 0 Å². The molecule has 9 heteroatoms. The van der Waals surface area contributed by atoms with Gasteiger partial charge in [0.05, 0.1) is 25.2 Å². The van der Waals surface area contributed by atoms with Crippen LogP contribution in [0.2, 0.25) is 0 Å². The molecule has 1 saturated heterocycles. The van der Waals surface area contributed by atoms with Gasteiger partial charge in [-0.2, -0.15) is 0 Å². The van der Waals surface area contributed by atoms with Crippen LogP contribution >= 0.6 is 11.8 Å². The zero-order valence-corrected chi connectivity index (χ0v) is 16.9. The van der Waals surface area contributed by atoms with Gasteiger partial charge in [-0.15, -0.1) is 11.8 Å². The van der Waals surface area contributed by atoms with Crippen molar-refractivity contribution in [3.05, 3.63) is 24.3 Å². The lowest BCUT2D eigenvalue weighted by molar-refractivity contribution is -0.119. The van der Waals surface area contributed by atoms with Gasteiger partial charge in [0.1, 0.15) is 6.54 Å². The summed E-state index contributed by atoms with van der Waals surface area (Å²) in [6.07, 6.45) is 3.86. The number of carbonyl (C=O) groups excluding carboxylic acids is 1. The van der Waals surface area contributed by atoms with Crippen LogP contribution in [0.4, 0.5) is 5.69 Å². The highest BCUT2D eigenvalue weighted by atomic mass is 32.2. The van der Waals surface area contributed by atoms with Gasteiger partial charge in [0.25, 0.3) is 0 Å². The molecule has 0 radical (unpaired) electrons. The van der Waals surface area contributed by atoms with E-state index in [4.69, 9.17) is 4.74 Å². The summed E-state index contributed by atoms with van der Waals surface area (Å²) >= 11 is 1.52. The van der Waals surface area contributed by atoms with Crippen LogP contribution in [-0.2, 0) is 19.6 Å². The highest BCUT2D eigenvalue weighted by molar-refractivity contribution is 7.98. The van der Waals surface area contributed by atoms with Gasteiger partial charge in [-0.3, -0.25) is 14.0 Å². The van der Waals surface area contributed by atoms with E-state index in [2.05, 4.69) is 10.2 Å². The number of nitrogens with zero attached hydrogens (tertiary/aromatic N) is 2. The van der Waals surface area contributed by atoms with Crippen molar-refractivity contribution in [2.24, 2.45) is 0 Å². The molecular weight excluding hydrogens is 374 g/mol. The minimum absolute atomic E-state index is 0.214. The minimum Gasteiger partial charge on any atom is -0.379 e. The fraction of sp³-hybridized carbons (Fsp3) is 0.588. The van der Waals surface area contributed by atoms with Crippen LogP contribution in [0.3, 0.4) is 0 Å². The monoisotopic (exact) mass is 401 g/mol. The molecule has 0 aromatic heterocycles. The van der Waals surface area contributed by atoms with Crippen molar-refractivity contribution in [2.45, 2.75) is 11.3 Å². The summed E-state index contributed by atoms with van der Waals surface area (Å²) in [6.45, 7) is 4.56.